The first-order valence-electron chi connectivity index (χ1n) is 20.5. The van der Waals surface area contributed by atoms with Gasteiger partial charge in [0.2, 0.25) is 0 Å². The van der Waals surface area contributed by atoms with Crippen molar-refractivity contribution in [3.63, 3.8) is 0 Å². The Balaban J connectivity index is 1.16. The Bertz CT molecular complexity index is 2260. The fourth-order valence-corrected chi connectivity index (χ4v) is 7.72. The van der Waals surface area contributed by atoms with Crippen LogP contribution in [-0.4, -0.2) is 44.9 Å². The molecule has 0 radical (unpaired) electrons. The van der Waals surface area contributed by atoms with E-state index in [9.17, 15) is 0 Å². The van der Waals surface area contributed by atoms with Gasteiger partial charge in [-0.2, -0.15) is 0 Å². The van der Waals surface area contributed by atoms with Crippen LogP contribution in [0.15, 0.2) is 78.9 Å². The maximum atomic E-state index is 5.16. The molecule has 0 unspecified atom stereocenters. The highest BCUT2D eigenvalue weighted by molar-refractivity contribution is 5.69. The van der Waals surface area contributed by atoms with E-state index in [-0.39, 0.29) is 10.8 Å². The van der Waals surface area contributed by atoms with Crippen molar-refractivity contribution in [1.82, 2.24) is 44.9 Å². The van der Waals surface area contributed by atoms with Crippen molar-refractivity contribution in [3.05, 3.63) is 102 Å². The second-order valence-electron chi connectivity index (χ2n) is 17.7. The largest absolute Gasteiger partial charge is 0.217 e. The Hall–Kier alpha value is -5.31. The quantitative estimate of drug-likeness (QED) is 0.157. The molecule has 56 heavy (non-hydrogen) atoms. The molecule has 3 heterocycles. The Morgan fingerprint density at radius 2 is 0.714 bits per heavy atom. The zero-order valence-corrected chi connectivity index (χ0v) is 33.8. The molecule has 2 aliphatic carbocycles. The van der Waals surface area contributed by atoms with Crippen LogP contribution in [0.1, 0.15) is 141 Å². The number of hydrogen-bond donors (Lipinski definition) is 0. The molecular formula is C47H53N9. The van der Waals surface area contributed by atoms with Crippen LogP contribution in [0, 0.1) is 0 Å². The molecule has 0 spiro atoms. The van der Waals surface area contributed by atoms with Gasteiger partial charge in [0.05, 0.1) is 0 Å². The highest BCUT2D eigenvalue weighted by Crippen LogP contribution is 2.36. The van der Waals surface area contributed by atoms with E-state index in [4.69, 9.17) is 44.9 Å². The SMILES string of the molecule is CC(C)(C)c1nc(-c2ccccc2)nc(-c2ccc(-c3nc(-c4cccc(-c5nc(C6CCCCC6)nc(C6CCCCC6)n5)c4)nc(C(C)(C)C)n3)cc2)n1. The fourth-order valence-electron chi connectivity index (χ4n) is 7.72. The summed E-state index contributed by atoms with van der Waals surface area (Å²) < 4.78 is 0. The van der Waals surface area contributed by atoms with E-state index in [1.807, 2.05) is 54.6 Å². The molecule has 2 saturated carbocycles. The lowest BCUT2D eigenvalue weighted by molar-refractivity contribution is 0.409. The maximum absolute atomic E-state index is 5.16. The second-order valence-corrected chi connectivity index (χ2v) is 17.7. The Kier molecular flexibility index (Phi) is 10.5. The topological polar surface area (TPSA) is 116 Å². The summed E-state index contributed by atoms with van der Waals surface area (Å²) in [6, 6.07) is 26.6. The third-order valence-electron chi connectivity index (χ3n) is 11.0. The number of hydrogen-bond acceptors (Lipinski definition) is 9. The molecule has 0 saturated heterocycles. The Morgan fingerprint density at radius 3 is 1.12 bits per heavy atom. The van der Waals surface area contributed by atoms with Gasteiger partial charge < -0.3 is 0 Å². The van der Waals surface area contributed by atoms with Crippen molar-refractivity contribution in [3.8, 4) is 56.9 Å². The summed E-state index contributed by atoms with van der Waals surface area (Å²) in [7, 11) is 0. The highest BCUT2D eigenvalue weighted by Gasteiger charge is 2.26. The number of aromatic nitrogens is 9. The molecular weight excluding hydrogens is 691 g/mol. The van der Waals surface area contributed by atoms with E-state index < -0.39 is 0 Å². The number of nitrogens with zero attached hydrogens (tertiary/aromatic N) is 9. The van der Waals surface area contributed by atoms with E-state index in [2.05, 4.69) is 65.8 Å². The zero-order chi connectivity index (χ0) is 38.9. The first kappa shape index (κ1) is 37.6. The third-order valence-corrected chi connectivity index (χ3v) is 11.0. The monoisotopic (exact) mass is 743 g/mol. The van der Waals surface area contributed by atoms with Gasteiger partial charge in [-0.3, -0.25) is 0 Å². The van der Waals surface area contributed by atoms with Crippen LogP contribution in [0.3, 0.4) is 0 Å². The molecule has 0 aliphatic heterocycles. The molecule has 6 aromatic rings. The molecule has 0 atom stereocenters. The number of rotatable bonds is 7. The van der Waals surface area contributed by atoms with Crippen molar-refractivity contribution in [1.29, 1.82) is 0 Å². The lowest BCUT2D eigenvalue weighted by atomic mass is 9.87. The maximum Gasteiger partial charge on any atom is 0.163 e. The molecule has 2 fully saturated rings. The summed E-state index contributed by atoms with van der Waals surface area (Å²) in [5, 5.41) is 0. The van der Waals surface area contributed by atoms with E-state index >= 15 is 0 Å². The third kappa shape index (κ3) is 8.42. The van der Waals surface area contributed by atoms with Crippen molar-refractivity contribution < 1.29 is 0 Å². The van der Waals surface area contributed by atoms with Crippen molar-refractivity contribution >= 4 is 0 Å². The van der Waals surface area contributed by atoms with Crippen LogP contribution in [-0.2, 0) is 10.8 Å². The van der Waals surface area contributed by atoms with Gasteiger partial charge in [-0.05, 0) is 31.7 Å². The summed E-state index contributed by atoms with van der Waals surface area (Å²) in [4.78, 5) is 45.3. The minimum atomic E-state index is -0.302. The zero-order valence-electron chi connectivity index (χ0n) is 33.8. The molecule has 286 valence electrons. The second kappa shape index (κ2) is 15.7. The molecule has 9 heteroatoms. The van der Waals surface area contributed by atoms with Crippen LogP contribution in [0.25, 0.3) is 56.9 Å². The minimum absolute atomic E-state index is 0.248. The van der Waals surface area contributed by atoms with Gasteiger partial charge in [-0.25, -0.2) is 44.9 Å². The summed E-state index contributed by atoms with van der Waals surface area (Å²) in [6.07, 6.45) is 12.2. The number of benzene rings is 3. The van der Waals surface area contributed by atoms with Gasteiger partial charge in [-0.15, -0.1) is 0 Å². The molecule has 8 rings (SSSR count). The lowest BCUT2D eigenvalue weighted by Crippen LogP contribution is -2.18. The predicted molar refractivity (Wildman–Crippen MR) is 223 cm³/mol. The molecule has 3 aromatic heterocycles. The van der Waals surface area contributed by atoms with Crippen molar-refractivity contribution in [2.75, 3.05) is 0 Å². The summed E-state index contributed by atoms with van der Waals surface area (Å²) >= 11 is 0. The van der Waals surface area contributed by atoms with Gasteiger partial charge in [0, 0.05) is 50.5 Å². The Labute approximate surface area is 331 Å². The van der Waals surface area contributed by atoms with E-state index in [1.165, 1.54) is 38.5 Å². The standard InChI is InChI=1S/C47H53N9/c1-46(2,3)44-53-39(32-21-14-9-15-22-32)51-40(54-44)33-25-27-34(28-26-33)41-52-43(56-45(55-41)47(4,5)6)36-24-16-23-35(29-36)42-49-37(30-17-10-7-11-18-30)48-38(50-42)31-19-12-8-13-20-31/h9,14-16,21-31H,7-8,10-13,17-20H2,1-6H3. The molecule has 0 amide bonds. The minimum Gasteiger partial charge on any atom is -0.217 e. The average Bonchev–Trinajstić information content (AvgIpc) is 3.23. The average molecular weight is 744 g/mol. The first-order chi connectivity index (χ1) is 27.0. The van der Waals surface area contributed by atoms with Gasteiger partial charge >= 0.3 is 0 Å². The Morgan fingerprint density at radius 1 is 0.357 bits per heavy atom. The molecule has 2 aliphatic rings. The molecule has 0 N–H and O–H groups in total. The van der Waals surface area contributed by atoms with Gasteiger partial charge in [0.25, 0.3) is 0 Å². The van der Waals surface area contributed by atoms with Crippen molar-refractivity contribution in [2.24, 2.45) is 0 Å². The van der Waals surface area contributed by atoms with E-state index in [1.54, 1.807) is 0 Å². The van der Waals surface area contributed by atoms with Crippen LogP contribution in [0.5, 0.6) is 0 Å². The van der Waals surface area contributed by atoms with Gasteiger partial charge in [0.1, 0.15) is 23.3 Å². The summed E-state index contributed by atoms with van der Waals surface area (Å²) in [5.41, 5.74) is 4.06. The highest BCUT2D eigenvalue weighted by atomic mass is 15.1. The first-order valence-corrected chi connectivity index (χ1v) is 20.5. The summed E-state index contributed by atoms with van der Waals surface area (Å²) in [6.45, 7) is 12.8. The van der Waals surface area contributed by atoms with Crippen LogP contribution in [0.4, 0.5) is 0 Å². The smallest absolute Gasteiger partial charge is 0.163 e. The molecule has 0 bridgehead atoms. The van der Waals surface area contributed by atoms with E-state index in [0.717, 1.165) is 82.6 Å². The molecule has 3 aromatic carbocycles. The van der Waals surface area contributed by atoms with E-state index in [0.29, 0.717) is 35.1 Å². The van der Waals surface area contributed by atoms with Gasteiger partial charge in [0.15, 0.2) is 29.1 Å². The fraction of sp³-hybridized carbons (Fsp3) is 0.426. The molecule has 9 nitrogen and oxygen atoms in total. The van der Waals surface area contributed by atoms with Crippen LogP contribution in [0.2, 0.25) is 0 Å². The normalized spacial score (nSPS) is 15.9. The van der Waals surface area contributed by atoms with Crippen LogP contribution >= 0.6 is 0 Å². The van der Waals surface area contributed by atoms with Gasteiger partial charge in [-0.1, -0.05) is 153 Å². The summed E-state index contributed by atoms with van der Waals surface area (Å²) in [5.74, 6) is 7.53. The van der Waals surface area contributed by atoms with Crippen molar-refractivity contribution in [2.45, 2.75) is 128 Å². The van der Waals surface area contributed by atoms with Crippen LogP contribution < -0.4 is 0 Å². The predicted octanol–water partition coefficient (Wildman–Crippen LogP) is 11.3. The lowest BCUT2D eigenvalue weighted by Gasteiger charge is -2.24.